The zero-order valence-corrected chi connectivity index (χ0v) is 22.9. The van der Waals surface area contributed by atoms with Gasteiger partial charge in [0.25, 0.3) is 5.56 Å². The van der Waals surface area contributed by atoms with Crippen LogP contribution in [-0.2, 0) is 20.6 Å². The molecule has 0 unspecified atom stereocenters. The minimum absolute atomic E-state index is 0.340. The molecule has 1 saturated heterocycles. The number of ether oxygens (including phenoxy) is 1. The Hall–Kier alpha value is -3.83. The average molecular weight is 554 g/mol. The van der Waals surface area contributed by atoms with E-state index in [2.05, 4.69) is 15.1 Å². The number of piperazine rings is 1. The number of aromatic nitrogens is 4. The second-order valence-electron chi connectivity index (χ2n) is 9.07. The highest BCUT2D eigenvalue weighted by Crippen LogP contribution is 2.26. The number of nitrogens with one attached hydrogen (secondary N) is 1. The van der Waals surface area contributed by atoms with Crippen molar-refractivity contribution in [2.45, 2.75) is 6.54 Å². The topological polar surface area (TPSA) is 89.6 Å². The standard InChI is InChI=1S/C26H28ClN7O3S/c1-30-22-21(23(35)31(2)26(30)36)34(16-17-8-4-5-9-18(17)27)24(29-22)32-12-14-33(15-13-32)25(38)28-19-10-6-7-11-20(19)37-3/h4-11H,12-16H2,1-3H3,(H,28,38). The zero-order valence-electron chi connectivity index (χ0n) is 21.3. The highest BCUT2D eigenvalue weighted by molar-refractivity contribution is 7.80. The van der Waals surface area contributed by atoms with E-state index in [1.807, 2.05) is 53.1 Å². The first-order valence-corrected chi connectivity index (χ1v) is 12.9. The molecule has 0 amide bonds. The quantitative estimate of drug-likeness (QED) is 0.377. The molecule has 0 atom stereocenters. The van der Waals surface area contributed by atoms with Crippen molar-refractivity contribution in [2.24, 2.45) is 14.1 Å². The van der Waals surface area contributed by atoms with E-state index in [9.17, 15) is 9.59 Å². The number of anilines is 2. The third-order valence-electron chi connectivity index (χ3n) is 6.81. The molecule has 0 aliphatic carbocycles. The summed E-state index contributed by atoms with van der Waals surface area (Å²) in [6, 6.07) is 15.1. The third kappa shape index (κ3) is 4.63. The summed E-state index contributed by atoms with van der Waals surface area (Å²) in [7, 11) is 4.73. The number of aryl methyl sites for hydroxylation is 1. The van der Waals surface area contributed by atoms with Gasteiger partial charge in [-0.05, 0) is 36.0 Å². The first-order chi connectivity index (χ1) is 18.3. The SMILES string of the molecule is COc1ccccc1NC(=S)N1CCN(c2nc3c(c(=O)n(C)c(=O)n3C)n2Cc2ccccc2Cl)CC1. The third-order valence-corrected chi connectivity index (χ3v) is 7.54. The van der Waals surface area contributed by atoms with Crippen LogP contribution in [0.25, 0.3) is 11.2 Å². The van der Waals surface area contributed by atoms with Gasteiger partial charge in [-0.15, -0.1) is 0 Å². The molecular formula is C26H28ClN7O3S. The van der Waals surface area contributed by atoms with Crippen molar-refractivity contribution in [1.29, 1.82) is 0 Å². The van der Waals surface area contributed by atoms with E-state index in [1.165, 1.54) is 11.6 Å². The minimum atomic E-state index is -0.422. The Balaban J connectivity index is 1.45. The highest BCUT2D eigenvalue weighted by Gasteiger charge is 2.27. The van der Waals surface area contributed by atoms with Crippen LogP contribution in [0.4, 0.5) is 11.6 Å². The van der Waals surface area contributed by atoms with Crippen molar-refractivity contribution in [3.05, 3.63) is 80.0 Å². The number of hydrogen-bond donors (Lipinski definition) is 1. The van der Waals surface area contributed by atoms with Crippen LogP contribution in [0.15, 0.2) is 58.1 Å². The van der Waals surface area contributed by atoms with Gasteiger partial charge in [0, 0.05) is 45.3 Å². The summed E-state index contributed by atoms with van der Waals surface area (Å²) in [5.41, 5.74) is 1.55. The van der Waals surface area contributed by atoms with Gasteiger partial charge < -0.3 is 19.9 Å². The molecule has 2 aromatic heterocycles. The Morgan fingerprint density at radius 2 is 1.71 bits per heavy atom. The summed E-state index contributed by atoms with van der Waals surface area (Å²) < 4.78 is 9.80. The fraction of sp³-hybridized carbons (Fsp3) is 0.308. The van der Waals surface area contributed by atoms with Crippen LogP contribution in [0.5, 0.6) is 5.75 Å². The highest BCUT2D eigenvalue weighted by atomic mass is 35.5. The maximum atomic E-state index is 13.3. The van der Waals surface area contributed by atoms with Crippen LogP contribution in [-0.4, -0.2) is 62.0 Å². The number of para-hydroxylation sites is 2. The minimum Gasteiger partial charge on any atom is -0.495 e. The lowest BCUT2D eigenvalue weighted by atomic mass is 10.2. The Kier molecular flexibility index (Phi) is 7.13. The first kappa shape index (κ1) is 25.8. The molecular weight excluding hydrogens is 526 g/mol. The van der Waals surface area contributed by atoms with Crippen molar-refractivity contribution in [3.63, 3.8) is 0 Å². The van der Waals surface area contributed by atoms with Crippen LogP contribution in [0, 0.1) is 0 Å². The summed E-state index contributed by atoms with van der Waals surface area (Å²) >= 11 is 12.2. The first-order valence-electron chi connectivity index (χ1n) is 12.1. The summed E-state index contributed by atoms with van der Waals surface area (Å²) in [6.45, 7) is 2.87. The Labute approximate surface area is 229 Å². The maximum Gasteiger partial charge on any atom is 0.332 e. The molecule has 1 aliphatic rings. The summed E-state index contributed by atoms with van der Waals surface area (Å²) in [6.07, 6.45) is 0. The van der Waals surface area contributed by atoms with Crippen LogP contribution < -0.4 is 26.2 Å². The number of nitrogens with zero attached hydrogens (tertiary/aromatic N) is 6. The lowest BCUT2D eigenvalue weighted by molar-refractivity contribution is 0.386. The van der Waals surface area contributed by atoms with Gasteiger partial charge in [0.1, 0.15) is 5.75 Å². The fourth-order valence-electron chi connectivity index (χ4n) is 4.67. The molecule has 0 bridgehead atoms. The smallest absolute Gasteiger partial charge is 0.332 e. The molecule has 5 rings (SSSR count). The van der Waals surface area contributed by atoms with Crippen LogP contribution in [0.1, 0.15) is 5.56 Å². The number of hydrogen-bond acceptors (Lipinski definition) is 6. The molecule has 0 spiro atoms. The van der Waals surface area contributed by atoms with Crippen LogP contribution >= 0.6 is 23.8 Å². The van der Waals surface area contributed by atoms with E-state index >= 15 is 0 Å². The molecule has 1 fully saturated rings. The van der Waals surface area contributed by atoms with Crippen molar-refractivity contribution in [1.82, 2.24) is 23.6 Å². The number of halogens is 1. The van der Waals surface area contributed by atoms with Crippen molar-refractivity contribution >= 4 is 51.7 Å². The van der Waals surface area contributed by atoms with Crippen molar-refractivity contribution < 1.29 is 4.74 Å². The molecule has 1 aliphatic heterocycles. The van der Waals surface area contributed by atoms with Gasteiger partial charge in [-0.25, -0.2) is 4.79 Å². The van der Waals surface area contributed by atoms with Gasteiger partial charge in [0.15, 0.2) is 16.3 Å². The molecule has 198 valence electrons. The lowest BCUT2D eigenvalue weighted by Gasteiger charge is -2.37. The largest absolute Gasteiger partial charge is 0.495 e. The molecule has 12 heteroatoms. The maximum absolute atomic E-state index is 13.3. The van der Waals surface area contributed by atoms with E-state index < -0.39 is 11.2 Å². The number of fused-ring (bicyclic) bond motifs is 1. The zero-order chi connectivity index (χ0) is 27.0. The Morgan fingerprint density at radius 1 is 1.03 bits per heavy atom. The van der Waals surface area contributed by atoms with Crippen LogP contribution in [0.3, 0.4) is 0 Å². The predicted molar refractivity (Wildman–Crippen MR) is 154 cm³/mol. The second-order valence-corrected chi connectivity index (χ2v) is 9.87. The van der Waals surface area contributed by atoms with E-state index in [1.54, 1.807) is 14.2 Å². The fourth-order valence-corrected chi connectivity index (χ4v) is 5.16. The average Bonchev–Trinajstić information content (AvgIpc) is 3.31. The Bertz CT molecular complexity index is 1640. The summed E-state index contributed by atoms with van der Waals surface area (Å²) in [4.78, 5) is 34.9. The summed E-state index contributed by atoms with van der Waals surface area (Å²) in [5.74, 6) is 1.33. The van der Waals surface area contributed by atoms with E-state index in [0.717, 1.165) is 15.8 Å². The van der Waals surface area contributed by atoms with Gasteiger partial charge in [-0.1, -0.05) is 41.9 Å². The van der Waals surface area contributed by atoms with Gasteiger partial charge in [-0.2, -0.15) is 4.98 Å². The second kappa shape index (κ2) is 10.5. The van der Waals surface area contributed by atoms with Gasteiger partial charge in [-0.3, -0.25) is 18.5 Å². The molecule has 38 heavy (non-hydrogen) atoms. The Morgan fingerprint density at radius 3 is 2.42 bits per heavy atom. The van der Waals surface area contributed by atoms with Gasteiger partial charge >= 0.3 is 5.69 Å². The number of thiocarbonyl (C=S) groups is 1. The molecule has 4 aromatic rings. The monoisotopic (exact) mass is 553 g/mol. The number of methoxy groups -OCH3 is 1. The van der Waals surface area contributed by atoms with E-state index in [4.69, 9.17) is 33.5 Å². The van der Waals surface area contributed by atoms with Gasteiger partial charge in [0.05, 0.1) is 19.3 Å². The van der Waals surface area contributed by atoms with Crippen LogP contribution in [0.2, 0.25) is 5.02 Å². The molecule has 10 nitrogen and oxygen atoms in total. The van der Waals surface area contributed by atoms with E-state index in [-0.39, 0.29) is 0 Å². The van der Waals surface area contributed by atoms with Crippen molar-refractivity contribution in [3.8, 4) is 5.75 Å². The number of imidazole rings is 1. The lowest BCUT2D eigenvalue weighted by Crippen LogP contribution is -2.50. The molecule has 3 heterocycles. The molecule has 2 aromatic carbocycles. The van der Waals surface area contributed by atoms with Crippen molar-refractivity contribution in [2.75, 3.05) is 43.5 Å². The molecule has 1 N–H and O–H groups in total. The van der Waals surface area contributed by atoms with E-state index in [0.29, 0.717) is 65.7 Å². The number of benzene rings is 2. The molecule has 0 saturated carbocycles. The summed E-state index contributed by atoms with van der Waals surface area (Å²) in [5, 5.41) is 4.48. The predicted octanol–water partition coefficient (Wildman–Crippen LogP) is 2.66. The molecule has 0 radical (unpaired) electrons. The normalized spacial score (nSPS) is 13.7. The van der Waals surface area contributed by atoms with Gasteiger partial charge in [0.2, 0.25) is 5.95 Å². The number of rotatable bonds is 5.